The molecule has 3 rings (SSSR count). The Morgan fingerprint density at radius 1 is 1.22 bits per heavy atom. The van der Waals surface area contributed by atoms with Crippen molar-refractivity contribution < 1.29 is 19.1 Å². The van der Waals surface area contributed by atoms with Gasteiger partial charge in [-0.2, -0.15) is 0 Å². The van der Waals surface area contributed by atoms with E-state index in [1.54, 1.807) is 17.0 Å². The number of hydrogen-bond acceptors (Lipinski definition) is 6. The van der Waals surface area contributed by atoms with Gasteiger partial charge in [0, 0.05) is 45.5 Å². The molecule has 2 fully saturated rings. The molecular weight excluding hydrogens is 350 g/mol. The van der Waals surface area contributed by atoms with Crippen LogP contribution in [0.2, 0.25) is 0 Å². The van der Waals surface area contributed by atoms with E-state index in [1.165, 1.54) is 13.2 Å². The first-order chi connectivity index (χ1) is 12.8. The maximum absolute atomic E-state index is 12.7. The number of imide groups is 1. The number of carbonyl (C=O) groups excluding carboxylic acids is 3. The minimum Gasteiger partial charge on any atom is -0.475 e. The summed E-state index contributed by atoms with van der Waals surface area (Å²) >= 11 is 0. The van der Waals surface area contributed by atoms with Crippen molar-refractivity contribution in [3.05, 3.63) is 23.9 Å². The highest BCUT2D eigenvalue weighted by atomic mass is 16.5. The van der Waals surface area contributed by atoms with Crippen molar-refractivity contribution in [3.8, 4) is 5.88 Å². The lowest BCUT2D eigenvalue weighted by Crippen LogP contribution is -2.62. The van der Waals surface area contributed by atoms with E-state index in [2.05, 4.69) is 10.3 Å². The average Bonchev–Trinajstić information content (AvgIpc) is 2.65. The van der Waals surface area contributed by atoms with E-state index in [1.807, 2.05) is 18.7 Å². The first-order valence-corrected chi connectivity index (χ1v) is 9.08. The molecule has 1 aromatic heterocycles. The van der Waals surface area contributed by atoms with Crippen molar-refractivity contribution in [3.63, 3.8) is 0 Å². The van der Waals surface area contributed by atoms with Crippen LogP contribution in [0.25, 0.3) is 0 Å². The molecule has 2 saturated heterocycles. The zero-order valence-corrected chi connectivity index (χ0v) is 15.8. The molecule has 1 N–H and O–H groups in total. The summed E-state index contributed by atoms with van der Waals surface area (Å²) in [5, 5.41) is 2.83. The Bertz CT molecular complexity index is 695. The van der Waals surface area contributed by atoms with Crippen LogP contribution < -0.4 is 10.1 Å². The van der Waals surface area contributed by atoms with Crippen LogP contribution in [0, 0.1) is 0 Å². The molecule has 0 saturated carbocycles. The summed E-state index contributed by atoms with van der Waals surface area (Å²) in [4.78, 5) is 45.4. The zero-order valence-electron chi connectivity index (χ0n) is 15.8. The zero-order chi connectivity index (χ0) is 19.6. The number of rotatable bonds is 4. The Kier molecular flexibility index (Phi) is 5.59. The lowest BCUT2D eigenvalue weighted by molar-refractivity contribution is -0.130. The molecule has 27 heavy (non-hydrogen) atoms. The van der Waals surface area contributed by atoms with Crippen molar-refractivity contribution in [1.29, 1.82) is 0 Å². The molecular formula is C18H25N5O4. The molecule has 1 aromatic rings. The molecule has 2 aliphatic heterocycles. The second-order valence-electron chi connectivity index (χ2n) is 7.00. The largest absolute Gasteiger partial charge is 0.475 e. The van der Waals surface area contributed by atoms with Gasteiger partial charge >= 0.3 is 6.03 Å². The maximum Gasteiger partial charge on any atom is 0.325 e. The third-order valence-electron chi connectivity index (χ3n) is 4.72. The molecule has 1 unspecified atom stereocenters. The number of aromatic nitrogens is 1. The summed E-state index contributed by atoms with van der Waals surface area (Å²) in [6.45, 7) is 6.07. The Morgan fingerprint density at radius 3 is 2.48 bits per heavy atom. The highest BCUT2D eigenvalue weighted by Crippen LogP contribution is 2.16. The van der Waals surface area contributed by atoms with E-state index in [-0.39, 0.29) is 36.5 Å². The number of pyridine rings is 1. The smallest absolute Gasteiger partial charge is 0.325 e. The molecule has 0 bridgehead atoms. The predicted molar refractivity (Wildman–Crippen MR) is 97.2 cm³/mol. The van der Waals surface area contributed by atoms with E-state index >= 15 is 0 Å². The van der Waals surface area contributed by atoms with E-state index < -0.39 is 0 Å². The molecule has 0 spiro atoms. The molecule has 1 atom stereocenters. The van der Waals surface area contributed by atoms with Crippen LogP contribution in [0.4, 0.5) is 4.79 Å². The number of hydrogen-bond donors (Lipinski definition) is 1. The van der Waals surface area contributed by atoms with Gasteiger partial charge in [-0.25, -0.2) is 9.78 Å². The van der Waals surface area contributed by atoms with E-state index in [9.17, 15) is 14.4 Å². The van der Waals surface area contributed by atoms with Gasteiger partial charge in [-0.05, 0) is 19.9 Å². The van der Waals surface area contributed by atoms with Gasteiger partial charge in [0.2, 0.25) is 11.8 Å². The summed E-state index contributed by atoms with van der Waals surface area (Å²) < 4.78 is 5.49. The van der Waals surface area contributed by atoms with Crippen LogP contribution >= 0.6 is 0 Å². The Balaban J connectivity index is 1.55. The third kappa shape index (κ3) is 4.36. The maximum atomic E-state index is 12.7. The average molecular weight is 375 g/mol. The third-order valence-corrected chi connectivity index (χ3v) is 4.72. The van der Waals surface area contributed by atoms with Gasteiger partial charge in [0.15, 0.2) is 0 Å². The van der Waals surface area contributed by atoms with E-state index in [0.29, 0.717) is 37.6 Å². The molecule has 9 heteroatoms. The second-order valence-corrected chi connectivity index (χ2v) is 7.00. The van der Waals surface area contributed by atoms with Crippen LogP contribution in [-0.2, 0) is 4.79 Å². The van der Waals surface area contributed by atoms with Crippen molar-refractivity contribution in [1.82, 2.24) is 25.0 Å². The Morgan fingerprint density at radius 2 is 1.93 bits per heavy atom. The SMILES string of the molecule is CC(C)Oc1ccc(C(=O)N2CCN(C3CC(=O)N(C)C(=O)N3)CC2)cn1. The normalized spacial score (nSPS) is 21.4. The fourth-order valence-corrected chi connectivity index (χ4v) is 3.16. The molecule has 4 amide bonds. The van der Waals surface area contributed by atoms with Crippen molar-refractivity contribution in [2.24, 2.45) is 0 Å². The van der Waals surface area contributed by atoms with E-state index in [4.69, 9.17) is 4.74 Å². The van der Waals surface area contributed by atoms with Gasteiger partial charge in [-0.1, -0.05) is 0 Å². The Labute approximate surface area is 158 Å². The number of urea groups is 1. The van der Waals surface area contributed by atoms with Crippen molar-refractivity contribution in [2.75, 3.05) is 33.2 Å². The minimum absolute atomic E-state index is 0.0269. The van der Waals surface area contributed by atoms with Gasteiger partial charge in [-0.3, -0.25) is 19.4 Å². The molecule has 0 radical (unpaired) electrons. The second kappa shape index (κ2) is 7.91. The molecule has 0 aromatic carbocycles. The van der Waals surface area contributed by atoms with Crippen molar-refractivity contribution in [2.45, 2.75) is 32.5 Å². The minimum atomic E-state index is -0.385. The van der Waals surface area contributed by atoms with Crippen LogP contribution in [0.1, 0.15) is 30.6 Å². The lowest BCUT2D eigenvalue weighted by atomic mass is 10.1. The van der Waals surface area contributed by atoms with Gasteiger partial charge in [0.25, 0.3) is 5.91 Å². The summed E-state index contributed by atoms with van der Waals surface area (Å²) in [5.41, 5.74) is 0.516. The first-order valence-electron chi connectivity index (χ1n) is 9.08. The molecule has 0 aliphatic carbocycles. The number of carbonyl (C=O) groups is 3. The van der Waals surface area contributed by atoms with Gasteiger partial charge < -0.3 is 15.0 Å². The molecule has 146 valence electrons. The number of nitrogens with one attached hydrogen (secondary N) is 1. The van der Waals surface area contributed by atoms with Crippen LogP contribution in [0.5, 0.6) is 5.88 Å². The van der Waals surface area contributed by atoms with Crippen molar-refractivity contribution >= 4 is 17.8 Å². The van der Waals surface area contributed by atoms with Gasteiger partial charge in [0.1, 0.15) is 0 Å². The Hall–Kier alpha value is -2.68. The highest BCUT2D eigenvalue weighted by molar-refractivity contribution is 5.97. The standard InChI is InChI=1S/C18H25N5O4/c1-12(2)27-15-5-4-13(11-19-15)17(25)23-8-6-22(7-9-23)14-10-16(24)21(3)18(26)20-14/h4-5,11-12,14H,6-10H2,1-3H3,(H,20,26). The summed E-state index contributed by atoms with van der Waals surface area (Å²) in [6, 6.07) is 3.03. The summed E-state index contributed by atoms with van der Waals surface area (Å²) in [6.07, 6.45) is 1.49. The monoisotopic (exact) mass is 375 g/mol. The summed E-state index contributed by atoms with van der Waals surface area (Å²) in [7, 11) is 1.47. The number of piperazine rings is 1. The highest BCUT2D eigenvalue weighted by Gasteiger charge is 2.34. The fraction of sp³-hybridized carbons (Fsp3) is 0.556. The quantitative estimate of drug-likeness (QED) is 0.825. The van der Waals surface area contributed by atoms with Gasteiger partial charge in [-0.15, -0.1) is 0 Å². The predicted octanol–water partition coefficient (Wildman–Crippen LogP) is 0.524. The first kappa shape index (κ1) is 19.1. The van der Waals surface area contributed by atoms with Crippen LogP contribution in [0.15, 0.2) is 18.3 Å². The molecule has 3 heterocycles. The number of amides is 4. The van der Waals surface area contributed by atoms with Gasteiger partial charge in [0.05, 0.1) is 24.3 Å². The van der Waals surface area contributed by atoms with E-state index in [0.717, 1.165) is 4.90 Å². The topological polar surface area (TPSA) is 95.1 Å². The summed E-state index contributed by atoms with van der Waals surface area (Å²) in [5.74, 6) is 0.216. The van der Waals surface area contributed by atoms with Crippen LogP contribution in [0.3, 0.4) is 0 Å². The number of nitrogens with zero attached hydrogens (tertiary/aromatic N) is 4. The molecule has 9 nitrogen and oxygen atoms in total. The van der Waals surface area contributed by atoms with Crippen LogP contribution in [-0.4, -0.2) is 83.0 Å². The number of ether oxygens (including phenoxy) is 1. The lowest BCUT2D eigenvalue weighted by Gasteiger charge is -2.41. The fourth-order valence-electron chi connectivity index (χ4n) is 3.16. The molecule has 2 aliphatic rings.